The van der Waals surface area contributed by atoms with Gasteiger partial charge in [-0.25, -0.2) is 18.4 Å². The number of halogens is 2. The highest BCUT2D eigenvalue weighted by atomic mass is 32.2. The van der Waals surface area contributed by atoms with Crippen molar-refractivity contribution in [2.24, 2.45) is 23.3 Å². The van der Waals surface area contributed by atoms with E-state index in [-0.39, 0.29) is 112 Å². The first-order valence-electron chi connectivity index (χ1n) is 46.2. The van der Waals surface area contributed by atoms with Gasteiger partial charge in [0, 0.05) is 135 Å². The zero-order valence-corrected chi connectivity index (χ0v) is 80.6. The van der Waals surface area contributed by atoms with Gasteiger partial charge >= 0.3 is 23.6 Å². The number of aliphatic carboxylic acids is 3. The number of thioether (sulfide) groups is 1. The molecule has 0 saturated carbocycles. The number of nitrogens with one attached hydrogen (secondary N) is 2. The molecule has 6 aromatic carbocycles. The van der Waals surface area contributed by atoms with Gasteiger partial charge in [-0.05, 0) is 186 Å². The van der Waals surface area contributed by atoms with Gasteiger partial charge in [0.1, 0.15) is 53.1 Å². The van der Waals surface area contributed by atoms with Crippen LogP contribution in [-0.2, 0) is 105 Å². The normalized spacial score (nSPS) is 16.9. The molecule has 0 bridgehead atoms. The number of carboxylic acid groups (broad SMARTS) is 3. The summed E-state index contributed by atoms with van der Waals surface area (Å²) in [5.41, 5.74) is 21.2. The highest BCUT2D eigenvalue weighted by molar-refractivity contribution is 8.00. The third-order valence-corrected chi connectivity index (χ3v) is 28.8. The molecule has 7 aromatic rings. The van der Waals surface area contributed by atoms with Crippen LogP contribution in [-0.4, -0.2) is 185 Å². The average Bonchev–Trinajstić information content (AvgIpc) is 1.61. The molecule has 1 fully saturated rings. The molecule has 31 nitrogen and oxygen atoms in total. The summed E-state index contributed by atoms with van der Waals surface area (Å²) in [6.07, 6.45) is 8.45. The second-order valence-corrected chi connectivity index (χ2v) is 41.0. The lowest BCUT2D eigenvalue weighted by Gasteiger charge is -2.27. The molecule has 6 atom stereocenters. The summed E-state index contributed by atoms with van der Waals surface area (Å²) in [6, 6.07) is 36.3. The number of carboxylic acids is 3. The van der Waals surface area contributed by atoms with Crippen molar-refractivity contribution in [1.82, 2.24) is 24.7 Å². The van der Waals surface area contributed by atoms with Crippen molar-refractivity contribution in [1.29, 1.82) is 0 Å². The zero-order chi connectivity index (χ0) is 100. The average molecular weight is 1960 g/mol. The molecule has 736 valence electrons. The number of hydrogen-bond acceptors (Lipinski definition) is 21. The topological polar surface area (TPSA) is 479 Å². The van der Waals surface area contributed by atoms with Crippen molar-refractivity contribution in [3.8, 4) is 16.9 Å². The molecule has 5 unspecified atom stereocenters. The number of ether oxygens (including phenoxy) is 1. The predicted octanol–water partition coefficient (Wildman–Crippen LogP) is 12.4. The van der Waals surface area contributed by atoms with Crippen LogP contribution in [0.3, 0.4) is 0 Å². The van der Waals surface area contributed by atoms with Crippen LogP contribution >= 0.6 is 11.8 Å². The van der Waals surface area contributed by atoms with Crippen LogP contribution in [0.25, 0.3) is 11.1 Å². The van der Waals surface area contributed by atoms with Crippen LogP contribution in [0.15, 0.2) is 196 Å². The maximum atomic E-state index is 15.1. The molecule has 36 heteroatoms. The van der Waals surface area contributed by atoms with E-state index in [9.17, 15) is 98.8 Å². The number of nitrogens with two attached hydrogens (primary N) is 2. The van der Waals surface area contributed by atoms with E-state index in [0.29, 0.717) is 73.4 Å². The molecule has 4 heterocycles. The molecule has 3 aliphatic heterocycles. The number of allylic oxidation sites excluding steroid dienone is 7. The fourth-order valence-electron chi connectivity index (χ4n) is 18.0. The number of rotatable bonds is 51. The predicted molar refractivity (Wildman–Crippen MR) is 518 cm³/mol. The summed E-state index contributed by atoms with van der Waals surface area (Å²) >= 11 is 0.872. The Kier molecular flexibility index (Phi) is 36.4. The number of para-hydroxylation sites is 1. The number of benzene rings is 6. The number of anilines is 1. The van der Waals surface area contributed by atoms with E-state index in [4.69, 9.17) is 16.2 Å². The van der Waals surface area contributed by atoms with Crippen molar-refractivity contribution in [3.05, 3.63) is 264 Å². The monoisotopic (exact) mass is 1960 g/mol. The maximum Gasteiger partial charge on any atom is 0.331 e. The number of amides is 4. The molecule has 0 spiro atoms. The number of hydrogen-bond donors (Lipinski definition) is 9. The number of nitrogens with zero attached hydrogens (tertiary/aromatic N) is 5. The molecule has 4 aliphatic rings. The van der Waals surface area contributed by atoms with Gasteiger partial charge in [0.2, 0.25) is 29.3 Å². The van der Waals surface area contributed by atoms with Crippen LogP contribution in [0.5, 0.6) is 5.75 Å². The lowest BCUT2D eigenvalue weighted by molar-refractivity contribution is -0.438. The van der Waals surface area contributed by atoms with Crippen LogP contribution in [0.2, 0.25) is 0 Å². The molecular weight excluding hydrogens is 1840 g/mol. The summed E-state index contributed by atoms with van der Waals surface area (Å²) in [6.45, 7) is 12.0. The highest BCUT2D eigenvalue weighted by Crippen LogP contribution is 2.49. The Balaban J connectivity index is 0.627. The number of imide groups is 1. The van der Waals surface area contributed by atoms with Gasteiger partial charge in [0.05, 0.1) is 58.7 Å². The number of carbonyl (C=O) groups excluding carboxylic acids is 7. The molecular formula is C102H120F2N9O22S3+. The third kappa shape index (κ3) is 28.0. The van der Waals surface area contributed by atoms with Gasteiger partial charge < -0.3 is 47.1 Å². The zero-order valence-electron chi connectivity index (χ0n) is 78.1. The van der Waals surface area contributed by atoms with E-state index in [1.54, 1.807) is 54.6 Å². The number of aromatic nitrogens is 2. The van der Waals surface area contributed by atoms with Crippen LogP contribution in [0.1, 0.15) is 194 Å². The molecule has 0 radical (unpaired) electrons. The minimum atomic E-state index is -4.16. The smallest absolute Gasteiger partial charge is 0.331 e. The Morgan fingerprint density at radius 1 is 0.638 bits per heavy atom. The number of carbonyl (C=O) groups is 10. The van der Waals surface area contributed by atoms with Crippen molar-refractivity contribution >= 4 is 108 Å². The minimum Gasteiger partial charge on any atom is -0.481 e. The molecule has 11 rings (SSSR count). The third-order valence-electron chi connectivity index (χ3n) is 25.8. The maximum absolute atomic E-state index is 15.1. The first-order chi connectivity index (χ1) is 65.4. The molecule has 4 amide bonds. The molecule has 1 aliphatic carbocycles. The van der Waals surface area contributed by atoms with Crippen LogP contribution < -0.4 is 43.0 Å². The molecule has 138 heavy (non-hydrogen) atoms. The van der Waals surface area contributed by atoms with Gasteiger partial charge in [-0.15, -0.1) is 11.8 Å². The summed E-state index contributed by atoms with van der Waals surface area (Å²) in [5, 5.41) is 34.3. The standard InChI is InChI=1S/C102H119F2N9O22S3/c1-63-29-44-85-78(55-63)102(5,6)89(110(85)51-13-15-54-138(132,133)134)46-35-69-23-17-22-68(34-45-88-101(3,4)77-25-10-11-28-84(77)109(88)50-12-14-53-137(129,130)131)94(69)135-75-40-31-65(32-41-75)33-47-90(117)107-49-52-111-92(119)59-87(95(111)120)136-62-72(98(124)125)58-86(116)81(105)42-38-73(114)39-43-83(99(126)127)108-91(118)48-36-71(97(122)123)57-74(115)37-30-66-19-16-24-70(56-66)93-64(2)112(60-76-79(103)26-18-27-80(76)104)100(128)113(96(93)121)61-82(106)67-20-8-7-9-21-67/h7-11,16,18-21,24-29,31-32,34-35,40-41,44-46,55-56,71-72,81-83,87H,12-15,17,22-23,30,33,36-39,42-43,47-54,57-62,105-106H2,1-6H3,(H6-,107,108,117,118,122,123,124,125,126,127,129,130,131,132,133,134)/p+1/t71?,72?,81?,82-,83?,87?/m0/s1. The minimum absolute atomic E-state index is 0.0139. The van der Waals surface area contributed by atoms with E-state index in [2.05, 4.69) is 90.3 Å². The summed E-state index contributed by atoms with van der Waals surface area (Å²) in [4.78, 5) is 162. The lowest BCUT2D eigenvalue weighted by Crippen LogP contribution is -2.44. The molecule has 11 N–H and O–H groups in total. The number of unbranched alkanes of at least 4 members (excludes halogenated alkanes) is 2. The van der Waals surface area contributed by atoms with E-state index in [1.165, 1.54) is 13.0 Å². The number of ketones is 3. The van der Waals surface area contributed by atoms with E-state index < -0.39 is 186 Å². The fourth-order valence-corrected chi connectivity index (χ4v) is 20.4. The second-order valence-electron chi connectivity index (χ2n) is 36.6. The first-order valence-corrected chi connectivity index (χ1v) is 50.5. The lowest BCUT2D eigenvalue weighted by atomic mass is 9.80. The Bertz CT molecular complexity index is 6300. The van der Waals surface area contributed by atoms with Crippen LogP contribution in [0.4, 0.5) is 20.2 Å². The molecule has 1 aromatic heterocycles. The number of likely N-dealkylation sites (tertiary alicyclic amines) is 1. The summed E-state index contributed by atoms with van der Waals surface area (Å²) in [7, 11) is -8.31. The van der Waals surface area contributed by atoms with Crippen molar-refractivity contribution < 1.29 is 107 Å². The number of Topliss-reactive ketones (excluding diaryl/α,β-unsaturated/α-hetero) is 3. The Hall–Kier alpha value is -12.3. The van der Waals surface area contributed by atoms with E-state index >= 15 is 8.78 Å². The largest absolute Gasteiger partial charge is 0.481 e. The summed E-state index contributed by atoms with van der Waals surface area (Å²) in [5.74, 6) is -12.9. The Morgan fingerprint density at radius 3 is 1.99 bits per heavy atom. The first kappa shape index (κ1) is 106. The van der Waals surface area contributed by atoms with Gasteiger partial charge in [0.15, 0.2) is 5.71 Å². The Morgan fingerprint density at radius 2 is 1.30 bits per heavy atom. The highest BCUT2D eigenvalue weighted by Gasteiger charge is 2.46. The Labute approximate surface area is 804 Å². The summed E-state index contributed by atoms with van der Waals surface area (Å²) < 4.78 is 107. The van der Waals surface area contributed by atoms with Gasteiger partial charge in [-0.3, -0.25) is 71.1 Å². The number of aryl methyl sites for hydroxylation is 3. The molecule has 1 saturated heterocycles. The fraction of sp³-hybridized carbons (Fsp3) is 0.422. The van der Waals surface area contributed by atoms with Gasteiger partial charge in [0.25, 0.3) is 25.8 Å². The van der Waals surface area contributed by atoms with Crippen LogP contribution in [0, 0.1) is 37.3 Å². The van der Waals surface area contributed by atoms with Crippen molar-refractivity contribution in [2.45, 2.75) is 217 Å². The van der Waals surface area contributed by atoms with Crippen molar-refractivity contribution in [2.75, 3.05) is 48.3 Å². The second kappa shape index (κ2) is 47.4. The number of fused-ring (bicyclic) bond motifs is 2. The van der Waals surface area contributed by atoms with Crippen molar-refractivity contribution in [3.63, 3.8) is 0 Å². The van der Waals surface area contributed by atoms with Gasteiger partial charge in [-0.2, -0.15) is 21.4 Å². The van der Waals surface area contributed by atoms with E-state index in [1.807, 2.05) is 55.5 Å². The quantitative estimate of drug-likeness (QED) is 0.00740. The van der Waals surface area contributed by atoms with E-state index in [0.717, 1.165) is 101 Å². The SMILES string of the molecule is Cc1ccc2c(c1)C(C)(C)C(/C=C/C1=C(Oc3ccc(CCC(=O)NCCN4C(=O)CC(SCC(CC(=O)C(N)CCC(=O)CCC(NC(=O)CCC(CC(=O)CCc5cccc(-c6c(C)n(Cc7c(F)cccc7F)c(=O)n(C[C@H](N)c7ccccc7)c6=O)c5)C(=O)O)C(=O)O)C(=O)O)C4=O)cc3)C(=C/C=C3/N(CCCCS(=O)(=O)O)c4ccccc4C3(C)C)/CCC1)=[N+]2CCCCS(=O)(=O)O. The van der Waals surface area contributed by atoms with Gasteiger partial charge in [-0.1, -0.05) is 123 Å².